The summed E-state index contributed by atoms with van der Waals surface area (Å²) in [5.74, 6) is -0.517. The van der Waals surface area contributed by atoms with E-state index in [9.17, 15) is 18.0 Å². The van der Waals surface area contributed by atoms with Gasteiger partial charge in [0.25, 0.3) is 0 Å². The van der Waals surface area contributed by atoms with E-state index >= 15 is 0 Å². The van der Waals surface area contributed by atoms with Crippen LogP contribution in [0.5, 0.6) is 0 Å². The molecule has 0 aromatic heterocycles. The van der Waals surface area contributed by atoms with Crippen molar-refractivity contribution in [3.05, 3.63) is 64.2 Å². The molecule has 2 aromatic carbocycles. The molecular weight excluding hydrogens is 498 g/mol. The lowest BCUT2D eigenvalue weighted by molar-refractivity contribution is -0.141. The van der Waals surface area contributed by atoms with Gasteiger partial charge in [0.05, 0.1) is 11.9 Å². The first-order valence-corrected chi connectivity index (χ1v) is 14.2. The van der Waals surface area contributed by atoms with Crippen LogP contribution < -0.4 is 9.62 Å². The number of nitrogens with zero attached hydrogens (tertiary/aromatic N) is 2. The molecule has 2 aromatic rings. The molecule has 0 bridgehead atoms. The Hall–Kier alpha value is -2.58. The van der Waals surface area contributed by atoms with Crippen molar-refractivity contribution in [1.29, 1.82) is 0 Å². The van der Waals surface area contributed by atoms with Crippen molar-refractivity contribution < 1.29 is 18.0 Å². The van der Waals surface area contributed by atoms with E-state index in [4.69, 9.17) is 11.6 Å². The van der Waals surface area contributed by atoms with Crippen LogP contribution in [0.2, 0.25) is 5.02 Å². The van der Waals surface area contributed by atoms with E-state index in [1.165, 1.54) is 9.21 Å². The van der Waals surface area contributed by atoms with E-state index in [1.54, 1.807) is 19.1 Å². The summed E-state index contributed by atoms with van der Waals surface area (Å²) in [6.07, 6.45) is 1.54. The summed E-state index contributed by atoms with van der Waals surface area (Å²) >= 11 is 6.34. The molecule has 2 rings (SSSR count). The first-order chi connectivity index (χ1) is 16.6. The largest absolute Gasteiger partial charge is 0.350 e. The zero-order valence-electron chi connectivity index (χ0n) is 22.3. The SMILES string of the molecule is Cc1cc(C)cc(N(CCCC(=O)N(Cc2ccccc2Cl)C(C)C(=O)NC(C)(C)C)S(C)(=O)=O)c1. The fraction of sp³-hybridized carbons (Fsp3) is 0.481. The van der Waals surface area contributed by atoms with Crippen LogP contribution in [0.15, 0.2) is 42.5 Å². The number of hydrogen-bond donors (Lipinski definition) is 1. The molecule has 36 heavy (non-hydrogen) atoms. The maximum Gasteiger partial charge on any atom is 0.242 e. The molecule has 0 aliphatic heterocycles. The van der Waals surface area contributed by atoms with Gasteiger partial charge in [-0.15, -0.1) is 0 Å². The molecule has 0 fully saturated rings. The average Bonchev–Trinajstić information content (AvgIpc) is 2.72. The lowest BCUT2D eigenvalue weighted by Crippen LogP contribution is -2.52. The second-order valence-electron chi connectivity index (χ2n) is 10.3. The Labute approximate surface area is 220 Å². The number of anilines is 1. The summed E-state index contributed by atoms with van der Waals surface area (Å²) in [6.45, 7) is 11.5. The van der Waals surface area contributed by atoms with Crippen LogP contribution in [-0.2, 0) is 26.2 Å². The first-order valence-electron chi connectivity index (χ1n) is 12.0. The van der Waals surface area contributed by atoms with Crippen LogP contribution in [-0.4, -0.2) is 49.5 Å². The van der Waals surface area contributed by atoms with Gasteiger partial charge in [-0.3, -0.25) is 13.9 Å². The Morgan fingerprint density at radius 3 is 2.17 bits per heavy atom. The molecule has 7 nitrogen and oxygen atoms in total. The van der Waals surface area contributed by atoms with E-state index < -0.39 is 21.6 Å². The Morgan fingerprint density at radius 1 is 1.06 bits per heavy atom. The molecule has 0 saturated carbocycles. The highest BCUT2D eigenvalue weighted by Crippen LogP contribution is 2.23. The number of aryl methyl sites for hydroxylation is 2. The topological polar surface area (TPSA) is 86.8 Å². The predicted molar refractivity (Wildman–Crippen MR) is 147 cm³/mol. The maximum absolute atomic E-state index is 13.4. The average molecular weight is 536 g/mol. The zero-order chi connectivity index (χ0) is 27.3. The fourth-order valence-corrected chi connectivity index (χ4v) is 5.11. The van der Waals surface area contributed by atoms with Gasteiger partial charge < -0.3 is 10.2 Å². The van der Waals surface area contributed by atoms with Gasteiger partial charge in [-0.25, -0.2) is 8.42 Å². The summed E-state index contributed by atoms with van der Waals surface area (Å²) in [4.78, 5) is 27.8. The highest BCUT2D eigenvalue weighted by molar-refractivity contribution is 7.92. The summed E-state index contributed by atoms with van der Waals surface area (Å²) in [5.41, 5.74) is 2.77. The van der Waals surface area contributed by atoms with Crippen LogP contribution >= 0.6 is 11.6 Å². The van der Waals surface area contributed by atoms with E-state index in [-0.39, 0.29) is 31.3 Å². The summed E-state index contributed by atoms with van der Waals surface area (Å²) in [5, 5.41) is 3.44. The summed E-state index contributed by atoms with van der Waals surface area (Å²) in [7, 11) is -3.55. The zero-order valence-corrected chi connectivity index (χ0v) is 23.8. The van der Waals surface area contributed by atoms with E-state index in [2.05, 4.69) is 5.32 Å². The van der Waals surface area contributed by atoms with Gasteiger partial charge in [0, 0.05) is 30.1 Å². The third kappa shape index (κ3) is 8.82. The quantitative estimate of drug-likeness (QED) is 0.472. The number of sulfonamides is 1. The molecule has 1 atom stereocenters. The van der Waals surface area contributed by atoms with Crippen molar-refractivity contribution in [2.45, 2.75) is 72.5 Å². The van der Waals surface area contributed by atoms with Crippen LogP contribution in [0, 0.1) is 13.8 Å². The number of halogens is 1. The minimum Gasteiger partial charge on any atom is -0.350 e. The molecule has 1 unspecified atom stereocenters. The van der Waals surface area contributed by atoms with Gasteiger partial charge in [0.2, 0.25) is 21.8 Å². The fourth-order valence-electron chi connectivity index (χ4n) is 3.97. The molecule has 198 valence electrons. The highest BCUT2D eigenvalue weighted by atomic mass is 35.5. The smallest absolute Gasteiger partial charge is 0.242 e. The monoisotopic (exact) mass is 535 g/mol. The van der Waals surface area contributed by atoms with Gasteiger partial charge >= 0.3 is 0 Å². The number of carbonyl (C=O) groups is 2. The second-order valence-corrected chi connectivity index (χ2v) is 12.6. The number of benzene rings is 2. The van der Waals surface area contributed by atoms with Gasteiger partial charge in [-0.1, -0.05) is 35.9 Å². The normalized spacial score (nSPS) is 12.7. The molecule has 2 amide bonds. The molecule has 0 aliphatic rings. The van der Waals surface area contributed by atoms with E-state index in [0.717, 1.165) is 22.9 Å². The van der Waals surface area contributed by atoms with Crippen LogP contribution in [0.3, 0.4) is 0 Å². The van der Waals surface area contributed by atoms with Gasteiger partial charge in [0.1, 0.15) is 6.04 Å². The Kier molecular flexibility index (Phi) is 9.97. The number of carbonyl (C=O) groups excluding carboxylic acids is 2. The van der Waals surface area contributed by atoms with Crippen molar-refractivity contribution in [1.82, 2.24) is 10.2 Å². The Bertz CT molecular complexity index is 1170. The van der Waals surface area contributed by atoms with Crippen molar-refractivity contribution in [2.24, 2.45) is 0 Å². The third-order valence-electron chi connectivity index (χ3n) is 5.61. The van der Waals surface area contributed by atoms with Crippen molar-refractivity contribution in [3.8, 4) is 0 Å². The molecule has 0 saturated heterocycles. The third-order valence-corrected chi connectivity index (χ3v) is 7.17. The molecule has 0 aliphatic carbocycles. The molecule has 0 spiro atoms. The number of amides is 2. The van der Waals surface area contributed by atoms with E-state index in [0.29, 0.717) is 17.1 Å². The highest BCUT2D eigenvalue weighted by Gasteiger charge is 2.29. The lowest BCUT2D eigenvalue weighted by atomic mass is 10.1. The van der Waals surface area contributed by atoms with Gasteiger partial charge in [-0.2, -0.15) is 0 Å². The lowest BCUT2D eigenvalue weighted by Gasteiger charge is -2.32. The Morgan fingerprint density at radius 2 is 1.64 bits per heavy atom. The minimum atomic E-state index is -3.55. The van der Waals surface area contributed by atoms with Gasteiger partial charge in [0.15, 0.2) is 0 Å². The van der Waals surface area contributed by atoms with Crippen molar-refractivity contribution >= 4 is 39.1 Å². The second kappa shape index (κ2) is 12.1. The van der Waals surface area contributed by atoms with Gasteiger partial charge in [-0.05, 0) is 82.9 Å². The summed E-state index contributed by atoms with van der Waals surface area (Å²) in [6, 6.07) is 12.1. The first kappa shape index (κ1) is 29.6. The van der Waals surface area contributed by atoms with Crippen molar-refractivity contribution in [3.63, 3.8) is 0 Å². The molecule has 1 N–H and O–H groups in total. The van der Waals surface area contributed by atoms with E-state index in [1.807, 2.05) is 65.0 Å². The standard InChI is InChI=1S/C27H38ClN3O4S/c1-19-15-20(2)17-23(16-19)31(36(7,34)35)14-10-13-25(32)30(18-22-11-8-9-12-24(22)28)21(3)26(33)29-27(4,5)6/h8-9,11-12,15-17,21H,10,13-14,18H2,1-7H3,(H,29,33). The number of hydrogen-bond acceptors (Lipinski definition) is 4. The molecule has 0 radical (unpaired) electrons. The van der Waals surface area contributed by atoms with Crippen LogP contribution in [0.4, 0.5) is 5.69 Å². The number of rotatable bonds is 10. The minimum absolute atomic E-state index is 0.0778. The summed E-state index contributed by atoms with van der Waals surface area (Å²) < 4.78 is 26.4. The number of nitrogens with one attached hydrogen (secondary N) is 1. The molecule has 0 heterocycles. The Balaban J connectivity index is 2.23. The van der Waals surface area contributed by atoms with Crippen LogP contribution in [0.25, 0.3) is 0 Å². The maximum atomic E-state index is 13.4. The molecule has 9 heteroatoms. The van der Waals surface area contributed by atoms with Crippen LogP contribution in [0.1, 0.15) is 57.2 Å². The predicted octanol–water partition coefficient (Wildman–Crippen LogP) is 4.84. The molecular formula is C27H38ClN3O4S. The van der Waals surface area contributed by atoms with Crippen molar-refractivity contribution in [2.75, 3.05) is 17.1 Å².